The molecular formula is C26H37N3O4. The van der Waals surface area contributed by atoms with E-state index in [1.54, 1.807) is 18.1 Å². The van der Waals surface area contributed by atoms with E-state index in [0.29, 0.717) is 24.3 Å². The van der Waals surface area contributed by atoms with Gasteiger partial charge in [-0.1, -0.05) is 38.2 Å². The largest absolute Gasteiger partial charge is 0.383 e. The van der Waals surface area contributed by atoms with E-state index in [0.717, 1.165) is 50.8 Å². The molecule has 3 amide bonds. The quantitative estimate of drug-likeness (QED) is 0.661. The number of fused-ring (bicyclic) bond motifs is 1. The number of nitrogens with one attached hydrogen (secondary N) is 1. The van der Waals surface area contributed by atoms with Gasteiger partial charge in [-0.3, -0.25) is 19.3 Å². The fraction of sp³-hybridized carbons (Fsp3) is 0.654. The number of methoxy groups -OCH3 is 1. The molecule has 1 aromatic carbocycles. The van der Waals surface area contributed by atoms with Crippen LogP contribution in [0.5, 0.6) is 0 Å². The predicted molar refractivity (Wildman–Crippen MR) is 127 cm³/mol. The van der Waals surface area contributed by atoms with Gasteiger partial charge in [-0.25, -0.2) is 0 Å². The number of carbonyl (C=O) groups excluding carboxylic acids is 3. The smallest absolute Gasteiger partial charge is 0.263 e. The Kier molecular flexibility index (Phi) is 7.68. The number of amides is 3. The molecule has 0 bridgehead atoms. The summed E-state index contributed by atoms with van der Waals surface area (Å²) in [5.74, 6) is -0.434. The Hall–Kier alpha value is -2.41. The summed E-state index contributed by atoms with van der Waals surface area (Å²) in [7, 11) is 1.62. The third-order valence-corrected chi connectivity index (χ3v) is 7.30. The van der Waals surface area contributed by atoms with Crippen molar-refractivity contribution in [1.82, 2.24) is 10.2 Å². The molecule has 0 unspecified atom stereocenters. The van der Waals surface area contributed by atoms with Crippen LogP contribution in [-0.4, -0.2) is 61.5 Å². The van der Waals surface area contributed by atoms with Crippen molar-refractivity contribution in [3.8, 4) is 0 Å². The summed E-state index contributed by atoms with van der Waals surface area (Å²) in [6.45, 7) is 3.73. The zero-order valence-corrected chi connectivity index (χ0v) is 20.0. The van der Waals surface area contributed by atoms with Crippen LogP contribution in [0, 0.1) is 5.92 Å². The molecule has 1 aliphatic carbocycles. The van der Waals surface area contributed by atoms with Crippen molar-refractivity contribution in [3.63, 3.8) is 0 Å². The van der Waals surface area contributed by atoms with Crippen LogP contribution in [0.1, 0.15) is 85.4 Å². The van der Waals surface area contributed by atoms with Gasteiger partial charge < -0.3 is 15.0 Å². The van der Waals surface area contributed by atoms with Gasteiger partial charge in [-0.15, -0.1) is 0 Å². The number of ether oxygens (including phenoxy) is 1. The minimum atomic E-state index is -0.156. The molecular weight excluding hydrogens is 418 g/mol. The molecule has 7 heteroatoms. The molecule has 1 saturated carbocycles. The topological polar surface area (TPSA) is 79.0 Å². The lowest BCUT2D eigenvalue weighted by molar-refractivity contribution is -0.126. The van der Waals surface area contributed by atoms with Crippen molar-refractivity contribution < 1.29 is 19.1 Å². The monoisotopic (exact) mass is 455 g/mol. The number of benzene rings is 1. The van der Waals surface area contributed by atoms with Crippen LogP contribution in [0.25, 0.3) is 0 Å². The number of hydrogen-bond donors (Lipinski definition) is 1. The number of anilines is 1. The molecule has 1 N–H and O–H groups in total. The molecule has 4 rings (SSSR count). The molecule has 2 atom stereocenters. The Morgan fingerprint density at radius 2 is 1.79 bits per heavy atom. The standard InChI is InChI=1S/C26H37N3O4/c1-18(17-33-2)27-24(30)19-10-9-15-28(16-19)22-14-8-13-21-23(22)26(32)29(25(21)31)20-11-6-4-3-5-7-12-20/h8,13-14,18-20H,3-7,9-12,15-17H2,1-2H3,(H,27,30)/t18-,19+/m1/s1. The van der Waals surface area contributed by atoms with Gasteiger partial charge >= 0.3 is 0 Å². The highest BCUT2D eigenvalue weighted by Gasteiger charge is 2.42. The van der Waals surface area contributed by atoms with Gasteiger partial charge in [0.15, 0.2) is 0 Å². The average Bonchev–Trinajstić information content (AvgIpc) is 3.04. The predicted octanol–water partition coefficient (Wildman–Crippen LogP) is 3.76. The molecule has 33 heavy (non-hydrogen) atoms. The second-order valence-corrected chi connectivity index (χ2v) is 9.83. The SMILES string of the molecule is COC[C@@H](C)NC(=O)[C@H]1CCCN(c2cccc3c2C(=O)N(C2CCCCCCC2)C3=O)C1. The fourth-order valence-corrected chi connectivity index (χ4v) is 5.64. The summed E-state index contributed by atoms with van der Waals surface area (Å²) >= 11 is 0. The molecule has 180 valence electrons. The molecule has 2 heterocycles. The zero-order valence-electron chi connectivity index (χ0n) is 20.0. The summed E-state index contributed by atoms with van der Waals surface area (Å²) in [6.07, 6.45) is 9.19. The van der Waals surface area contributed by atoms with Crippen LogP contribution in [0.2, 0.25) is 0 Å². The van der Waals surface area contributed by atoms with E-state index in [9.17, 15) is 14.4 Å². The fourth-order valence-electron chi connectivity index (χ4n) is 5.64. The molecule has 1 aromatic rings. The molecule has 7 nitrogen and oxygen atoms in total. The maximum Gasteiger partial charge on any atom is 0.263 e. The highest BCUT2D eigenvalue weighted by molar-refractivity contribution is 6.24. The Labute approximate surface area is 196 Å². The van der Waals surface area contributed by atoms with Gasteiger partial charge in [-0.2, -0.15) is 0 Å². The van der Waals surface area contributed by atoms with Crippen molar-refractivity contribution in [1.29, 1.82) is 0 Å². The molecule has 2 fully saturated rings. The second-order valence-electron chi connectivity index (χ2n) is 9.83. The second kappa shape index (κ2) is 10.7. The number of piperidine rings is 1. The van der Waals surface area contributed by atoms with Crippen LogP contribution in [0.15, 0.2) is 18.2 Å². The number of hydrogen-bond acceptors (Lipinski definition) is 5. The molecule has 0 radical (unpaired) electrons. The molecule has 2 aliphatic heterocycles. The molecule has 0 aromatic heterocycles. The molecule has 0 spiro atoms. The van der Waals surface area contributed by atoms with Crippen molar-refractivity contribution in [2.75, 3.05) is 31.7 Å². The van der Waals surface area contributed by atoms with Crippen molar-refractivity contribution in [3.05, 3.63) is 29.3 Å². The Balaban J connectivity index is 1.53. The van der Waals surface area contributed by atoms with Crippen LogP contribution >= 0.6 is 0 Å². The Morgan fingerprint density at radius 3 is 2.52 bits per heavy atom. The lowest BCUT2D eigenvalue weighted by Gasteiger charge is -2.35. The first-order valence-corrected chi connectivity index (χ1v) is 12.6. The highest BCUT2D eigenvalue weighted by Crippen LogP contribution is 2.36. The Morgan fingerprint density at radius 1 is 1.06 bits per heavy atom. The number of rotatable bonds is 6. The third kappa shape index (κ3) is 5.08. The van der Waals surface area contributed by atoms with Crippen LogP contribution < -0.4 is 10.2 Å². The van der Waals surface area contributed by atoms with Crippen molar-refractivity contribution in [2.45, 2.75) is 76.8 Å². The first-order valence-electron chi connectivity index (χ1n) is 12.6. The minimum Gasteiger partial charge on any atom is -0.383 e. The van der Waals surface area contributed by atoms with E-state index >= 15 is 0 Å². The van der Waals surface area contributed by atoms with Gasteiger partial charge in [0.1, 0.15) is 0 Å². The third-order valence-electron chi connectivity index (χ3n) is 7.30. The average molecular weight is 456 g/mol. The van der Waals surface area contributed by atoms with Gasteiger partial charge in [0.25, 0.3) is 11.8 Å². The van der Waals surface area contributed by atoms with Gasteiger partial charge in [0, 0.05) is 32.3 Å². The Bertz CT molecular complexity index is 878. The summed E-state index contributed by atoms with van der Waals surface area (Å²) in [5.41, 5.74) is 1.83. The minimum absolute atomic E-state index is 0.00676. The lowest BCUT2D eigenvalue weighted by Crippen LogP contribution is -2.46. The molecule has 3 aliphatic rings. The number of carbonyl (C=O) groups is 3. The van der Waals surface area contributed by atoms with E-state index in [-0.39, 0.29) is 35.7 Å². The van der Waals surface area contributed by atoms with Crippen LogP contribution in [0.3, 0.4) is 0 Å². The summed E-state index contributed by atoms with van der Waals surface area (Å²) < 4.78 is 5.13. The van der Waals surface area contributed by atoms with Gasteiger partial charge in [0.2, 0.25) is 5.91 Å². The van der Waals surface area contributed by atoms with Crippen LogP contribution in [0.4, 0.5) is 5.69 Å². The van der Waals surface area contributed by atoms with Crippen molar-refractivity contribution >= 4 is 23.4 Å². The highest BCUT2D eigenvalue weighted by atomic mass is 16.5. The van der Waals surface area contributed by atoms with E-state index < -0.39 is 0 Å². The van der Waals surface area contributed by atoms with E-state index in [1.807, 2.05) is 19.1 Å². The summed E-state index contributed by atoms with van der Waals surface area (Å²) in [6, 6.07) is 5.52. The first-order chi connectivity index (χ1) is 16.0. The zero-order chi connectivity index (χ0) is 23.4. The van der Waals surface area contributed by atoms with Gasteiger partial charge in [-0.05, 0) is 44.7 Å². The summed E-state index contributed by atoms with van der Waals surface area (Å²) in [4.78, 5) is 43.4. The van der Waals surface area contributed by atoms with E-state index in [1.165, 1.54) is 19.3 Å². The summed E-state index contributed by atoms with van der Waals surface area (Å²) in [5, 5.41) is 3.03. The lowest BCUT2D eigenvalue weighted by atomic mass is 9.95. The number of imide groups is 1. The normalized spacial score (nSPS) is 23.2. The van der Waals surface area contributed by atoms with E-state index in [2.05, 4.69) is 10.2 Å². The van der Waals surface area contributed by atoms with E-state index in [4.69, 9.17) is 4.74 Å². The maximum absolute atomic E-state index is 13.6. The number of nitrogens with zero attached hydrogens (tertiary/aromatic N) is 2. The maximum atomic E-state index is 13.6. The van der Waals surface area contributed by atoms with Crippen molar-refractivity contribution in [2.24, 2.45) is 5.92 Å². The van der Waals surface area contributed by atoms with Crippen LogP contribution in [-0.2, 0) is 9.53 Å². The first kappa shape index (κ1) is 23.7. The molecule has 1 saturated heterocycles. The van der Waals surface area contributed by atoms with Gasteiger partial charge in [0.05, 0.1) is 29.3 Å².